The Balaban J connectivity index is 2.94. The molecule has 2 bridgehead atoms. The van der Waals surface area contributed by atoms with Gasteiger partial charge in [0, 0.05) is 18.9 Å². The fraction of sp³-hybridized carbons (Fsp3) is 0.973. The van der Waals surface area contributed by atoms with E-state index in [1.54, 1.807) is 0 Å². The van der Waals surface area contributed by atoms with E-state index in [-0.39, 0.29) is 13.0 Å². The van der Waals surface area contributed by atoms with E-state index in [2.05, 4.69) is 90.0 Å². The highest BCUT2D eigenvalue weighted by Gasteiger charge is 2.66. The van der Waals surface area contributed by atoms with Crippen LogP contribution in [0.5, 0.6) is 0 Å². The summed E-state index contributed by atoms with van der Waals surface area (Å²) in [6.07, 6.45) is -3.90. The Morgan fingerprint density at radius 1 is 0.837 bits per heavy atom. The molecule has 2 heterocycles. The van der Waals surface area contributed by atoms with Crippen molar-refractivity contribution >= 4 is 30.9 Å². The van der Waals surface area contributed by atoms with Gasteiger partial charge < -0.3 is 38.1 Å². The zero-order valence-corrected chi connectivity index (χ0v) is 37.0. The predicted octanol–water partition coefficient (Wildman–Crippen LogP) is 7.93. The van der Waals surface area contributed by atoms with E-state index >= 15 is 0 Å². The number of hydrogen-bond donors (Lipinski definition) is 3. The molecule has 2 rings (SSSR count). The number of methoxy groups -OCH3 is 1. The smallest absolute Gasteiger partial charge is 0.340 e. The van der Waals surface area contributed by atoms with Gasteiger partial charge in [-0.1, -0.05) is 90.0 Å². The number of ether oxygens (including phenoxy) is 2. The summed E-state index contributed by atoms with van der Waals surface area (Å²) in [4.78, 5) is 13.4. The Bertz CT molecular complexity index is 1010. The first kappa shape index (κ1) is 45.0. The monoisotopic (exact) mass is 748 g/mol. The molecule has 12 heteroatoms. The van der Waals surface area contributed by atoms with Crippen LogP contribution in [0, 0.1) is 5.92 Å². The molecule has 0 aliphatic carbocycles. The van der Waals surface area contributed by atoms with Crippen molar-refractivity contribution in [2.75, 3.05) is 13.7 Å². The van der Waals surface area contributed by atoms with Crippen LogP contribution in [0.1, 0.15) is 116 Å². The van der Waals surface area contributed by atoms with Crippen molar-refractivity contribution in [2.45, 2.75) is 210 Å². The second-order valence-corrected chi connectivity index (χ2v) is 31.4. The molecule has 0 aromatic heterocycles. The van der Waals surface area contributed by atoms with Crippen LogP contribution >= 0.6 is 0 Å². The number of fused-ring (bicyclic) bond motifs is 2. The van der Waals surface area contributed by atoms with Gasteiger partial charge in [0.05, 0.1) is 24.9 Å². The van der Waals surface area contributed by atoms with Crippen LogP contribution < -0.4 is 0 Å². The van der Waals surface area contributed by atoms with Gasteiger partial charge in [-0.15, -0.1) is 0 Å². The van der Waals surface area contributed by atoms with E-state index in [1.165, 1.54) is 7.11 Å². The molecule has 2 fully saturated rings. The van der Waals surface area contributed by atoms with Crippen LogP contribution in [-0.2, 0) is 27.5 Å². The summed E-state index contributed by atoms with van der Waals surface area (Å²) < 4.78 is 33.6. The molecular formula is C37H76O9Si3. The third-order valence-electron chi connectivity index (χ3n) is 13.4. The number of rotatable bonds is 18. The van der Waals surface area contributed by atoms with Crippen molar-refractivity contribution in [1.29, 1.82) is 0 Å². The summed E-state index contributed by atoms with van der Waals surface area (Å²) in [5.74, 6) is -1.53. The van der Waals surface area contributed by atoms with Gasteiger partial charge in [0.15, 0.2) is 30.6 Å². The van der Waals surface area contributed by atoms with E-state index < -0.39 is 78.1 Å². The molecule has 2 aliphatic heterocycles. The van der Waals surface area contributed by atoms with Crippen molar-refractivity contribution < 1.29 is 42.9 Å². The van der Waals surface area contributed by atoms with Crippen LogP contribution in [0.2, 0.25) is 52.9 Å². The molecule has 3 N–H and O–H groups in total. The predicted molar refractivity (Wildman–Crippen MR) is 205 cm³/mol. The highest BCUT2D eigenvalue weighted by atomic mass is 28.4. The molecule has 8 atom stereocenters. The molecule has 49 heavy (non-hydrogen) atoms. The molecule has 0 aromatic rings. The number of hydrogen-bond acceptors (Lipinski definition) is 9. The van der Waals surface area contributed by atoms with Gasteiger partial charge >= 0.3 is 5.97 Å². The van der Waals surface area contributed by atoms with Gasteiger partial charge in [-0.05, 0) is 72.7 Å². The molecule has 0 saturated carbocycles. The van der Waals surface area contributed by atoms with E-state index in [0.717, 1.165) is 36.3 Å². The number of esters is 1. The zero-order valence-electron chi connectivity index (χ0n) is 34.0. The summed E-state index contributed by atoms with van der Waals surface area (Å²) in [7, 11) is -5.81. The normalized spacial score (nSPS) is 32.3. The van der Waals surface area contributed by atoms with Crippen LogP contribution in [0.25, 0.3) is 0 Å². The second-order valence-electron chi connectivity index (χ2n) is 16.6. The highest BCUT2D eigenvalue weighted by Crippen LogP contribution is 2.50. The maximum Gasteiger partial charge on any atom is 0.340 e. The van der Waals surface area contributed by atoms with Crippen molar-refractivity contribution in [1.82, 2.24) is 0 Å². The largest absolute Gasteiger partial charge is 0.467 e. The van der Waals surface area contributed by atoms with E-state index in [0.29, 0.717) is 29.5 Å². The lowest BCUT2D eigenvalue weighted by Gasteiger charge is -2.59. The summed E-state index contributed by atoms with van der Waals surface area (Å²) in [5.41, 5.74) is -4.08. The molecule has 9 nitrogen and oxygen atoms in total. The topological polar surface area (TPSA) is 124 Å². The molecule has 2 saturated heterocycles. The van der Waals surface area contributed by atoms with E-state index in [9.17, 15) is 20.1 Å². The molecule has 2 aliphatic rings. The molecular weight excluding hydrogens is 673 g/mol. The lowest BCUT2D eigenvalue weighted by molar-refractivity contribution is -0.303. The van der Waals surface area contributed by atoms with Crippen molar-refractivity contribution in [2.24, 2.45) is 5.92 Å². The average molecular weight is 749 g/mol. The summed E-state index contributed by atoms with van der Waals surface area (Å²) in [6.45, 7) is 30.6. The maximum absolute atomic E-state index is 13.4. The third kappa shape index (κ3) is 8.33. The third-order valence-corrected chi connectivity index (χ3v) is 28.9. The Hall–Kier alpha value is -0.159. The molecule has 0 aromatic carbocycles. The summed E-state index contributed by atoms with van der Waals surface area (Å²) in [6, 6.07) is 5.31. The lowest BCUT2D eigenvalue weighted by atomic mass is 9.67. The average Bonchev–Trinajstić information content (AvgIpc) is 3.07. The Labute approximate surface area is 302 Å². The Kier molecular flexibility index (Phi) is 15.9. The van der Waals surface area contributed by atoms with Crippen molar-refractivity contribution in [3.8, 4) is 0 Å². The van der Waals surface area contributed by atoms with Crippen molar-refractivity contribution in [3.63, 3.8) is 0 Å². The first-order chi connectivity index (χ1) is 22.7. The van der Waals surface area contributed by atoms with Gasteiger partial charge in [-0.2, -0.15) is 0 Å². The molecule has 0 amide bonds. The lowest BCUT2D eigenvalue weighted by Crippen LogP contribution is -2.75. The van der Waals surface area contributed by atoms with Gasteiger partial charge in [0.25, 0.3) is 0 Å². The SMILES string of the molecule is CC[Si](CC)(CC)O[C@H]1C[C@@](C)(O[Si](CC)(CC)CC)[C@H]2CC[C@@](O)(C(=O)OC)[C@H](O2)[C@H](O)[C@@]1(O)[C@H](C)CO[Si](C(C)C)(C(C)C)C(C)C. The quantitative estimate of drug-likeness (QED) is 0.0947. The van der Waals surface area contributed by atoms with Crippen LogP contribution in [-0.4, -0.2) is 101 Å². The fourth-order valence-electron chi connectivity index (χ4n) is 9.64. The second kappa shape index (κ2) is 17.3. The van der Waals surface area contributed by atoms with Crippen LogP contribution in [0.15, 0.2) is 0 Å². The minimum atomic E-state index is -2.41. The molecule has 0 unspecified atom stereocenters. The first-order valence-corrected chi connectivity index (χ1v) is 26.8. The minimum Gasteiger partial charge on any atom is -0.467 e. The highest BCUT2D eigenvalue weighted by molar-refractivity contribution is 6.77. The van der Waals surface area contributed by atoms with Crippen molar-refractivity contribution in [3.05, 3.63) is 0 Å². The molecule has 290 valence electrons. The minimum absolute atomic E-state index is 0.0120. The zero-order chi connectivity index (χ0) is 37.8. The van der Waals surface area contributed by atoms with Gasteiger partial charge in [-0.25, -0.2) is 4.79 Å². The number of aliphatic hydroxyl groups excluding tert-OH is 1. The summed E-state index contributed by atoms with van der Waals surface area (Å²) >= 11 is 0. The van der Waals surface area contributed by atoms with Gasteiger partial charge in [0.1, 0.15) is 17.8 Å². The number of carbonyl (C=O) groups is 1. The molecule has 0 spiro atoms. The van der Waals surface area contributed by atoms with Crippen LogP contribution in [0.4, 0.5) is 0 Å². The maximum atomic E-state index is 13.4. The fourth-order valence-corrected chi connectivity index (χ4v) is 21.2. The molecule has 0 radical (unpaired) electrons. The standard InChI is InChI=1S/C37H76O9Si3/c1-16-47(17-2,18-3)45-31-24-35(14,46-48(19-4,20-5)21-6)30-22-23-36(40,34(39)42-15)33(44-30)32(38)37(31,41)29(13)25-43-49(26(7)8,27(9)10)28(11)12/h26-33,38,40-41H,16-25H2,1-15H3/t29-,30-,31+,32+,33-,35-,36+,37-/m1/s1. The van der Waals surface area contributed by atoms with Crippen LogP contribution in [0.3, 0.4) is 0 Å². The van der Waals surface area contributed by atoms with Gasteiger partial charge in [-0.3, -0.25) is 0 Å². The number of aliphatic hydroxyl groups is 3. The summed E-state index contributed by atoms with van der Waals surface area (Å²) in [5, 5.41) is 38.1. The number of carbonyl (C=O) groups excluding carboxylic acids is 1. The van der Waals surface area contributed by atoms with E-state index in [4.69, 9.17) is 22.8 Å². The van der Waals surface area contributed by atoms with E-state index in [1.807, 2.05) is 6.92 Å². The first-order valence-electron chi connectivity index (χ1n) is 19.6. The Morgan fingerprint density at radius 3 is 1.71 bits per heavy atom. The Morgan fingerprint density at radius 2 is 1.31 bits per heavy atom. The van der Waals surface area contributed by atoms with Gasteiger partial charge in [0.2, 0.25) is 0 Å².